The van der Waals surface area contributed by atoms with Crippen LogP contribution in [-0.4, -0.2) is 30.6 Å². The van der Waals surface area contributed by atoms with Crippen molar-refractivity contribution in [3.63, 3.8) is 0 Å². The van der Waals surface area contributed by atoms with Crippen LogP contribution in [0.4, 0.5) is 0 Å². The highest BCUT2D eigenvalue weighted by Crippen LogP contribution is 2.37. The molecule has 2 N–H and O–H groups in total. The Labute approximate surface area is 101 Å². The van der Waals surface area contributed by atoms with Gasteiger partial charge in [0.25, 0.3) is 0 Å². The summed E-state index contributed by atoms with van der Waals surface area (Å²) in [5, 5.41) is 0. The van der Waals surface area contributed by atoms with Crippen LogP contribution in [0.5, 0.6) is 0 Å². The lowest BCUT2D eigenvalue weighted by Gasteiger charge is -2.35. The predicted molar refractivity (Wildman–Crippen MR) is 69.4 cm³/mol. The summed E-state index contributed by atoms with van der Waals surface area (Å²) in [6.07, 6.45) is 8.33. The Balaban J connectivity index is 1.86. The third-order valence-corrected chi connectivity index (χ3v) is 4.18. The van der Waals surface area contributed by atoms with Crippen LogP contribution in [0.25, 0.3) is 0 Å². The van der Waals surface area contributed by atoms with Crippen molar-refractivity contribution in [3.8, 4) is 0 Å². The Kier molecular flexibility index (Phi) is 3.91. The third kappa shape index (κ3) is 3.46. The van der Waals surface area contributed by atoms with Crippen LogP contribution in [0, 0.1) is 11.3 Å². The second-order valence-corrected chi connectivity index (χ2v) is 6.37. The van der Waals surface area contributed by atoms with Gasteiger partial charge in [-0.3, -0.25) is 4.90 Å². The zero-order valence-corrected chi connectivity index (χ0v) is 11.0. The minimum absolute atomic E-state index is 0.353. The molecule has 1 atom stereocenters. The van der Waals surface area contributed by atoms with Crippen molar-refractivity contribution < 1.29 is 0 Å². The first-order valence-corrected chi connectivity index (χ1v) is 7.11. The van der Waals surface area contributed by atoms with Gasteiger partial charge in [-0.25, -0.2) is 0 Å². The third-order valence-electron chi connectivity index (χ3n) is 4.18. The van der Waals surface area contributed by atoms with E-state index in [-0.39, 0.29) is 0 Å². The number of nitrogens with zero attached hydrogens (tertiary/aromatic N) is 1. The molecule has 0 radical (unpaired) electrons. The average Bonchev–Trinajstić information content (AvgIpc) is 3.10. The minimum atomic E-state index is 0.353. The average molecular weight is 224 g/mol. The van der Waals surface area contributed by atoms with E-state index in [4.69, 9.17) is 5.73 Å². The Hall–Kier alpha value is -0.0800. The van der Waals surface area contributed by atoms with Gasteiger partial charge in [0.15, 0.2) is 0 Å². The predicted octanol–water partition coefficient (Wildman–Crippen LogP) is 2.63. The number of hydrogen-bond donors (Lipinski definition) is 1. The van der Waals surface area contributed by atoms with Crippen LogP contribution in [0.3, 0.4) is 0 Å². The van der Waals surface area contributed by atoms with Gasteiger partial charge >= 0.3 is 0 Å². The molecule has 2 aliphatic carbocycles. The molecule has 2 fully saturated rings. The van der Waals surface area contributed by atoms with E-state index in [0.29, 0.717) is 5.41 Å². The molecule has 0 aromatic carbocycles. The Morgan fingerprint density at radius 2 is 1.94 bits per heavy atom. The smallest absolute Gasteiger partial charge is 0.00967 e. The fourth-order valence-corrected chi connectivity index (χ4v) is 2.75. The quantitative estimate of drug-likeness (QED) is 0.687. The van der Waals surface area contributed by atoms with E-state index < -0.39 is 0 Å². The number of hydrogen-bond acceptors (Lipinski definition) is 2. The van der Waals surface area contributed by atoms with Crippen LogP contribution in [0.15, 0.2) is 0 Å². The standard InChI is InChI=1S/C14H28N2/c1-3-8-14(2,10-15)11-16(13-6-7-13)9-12-4-5-12/h12-13H,3-11,15H2,1-2H3. The fraction of sp³-hybridized carbons (Fsp3) is 1.00. The van der Waals surface area contributed by atoms with E-state index in [9.17, 15) is 0 Å². The summed E-state index contributed by atoms with van der Waals surface area (Å²) >= 11 is 0. The van der Waals surface area contributed by atoms with Gasteiger partial charge in [0, 0.05) is 19.1 Å². The molecule has 0 amide bonds. The molecule has 2 aliphatic rings. The van der Waals surface area contributed by atoms with E-state index in [1.54, 1.807) is 0 Å². The normalized spacial score (nSPS) is 24.8. The lowest BCUT2D eigenvalue weighted by atomic mass is 9.85. The SMILES string of the molecule is CCCC(C)(CN)CN(CC1CC1)C1CC1. The second kappa shape index (κ2) is 5.05. The first-order chi connectivity index (χ1) is 7.67. The van der Waals surface area contributed by atoms with Crippen molar-refractivity contribution in [1.82, 2.24) is 4.90 Å². The summed E-state index contributed by atoms with van der Waals surface area (Å²) in [4.78, 5) is 2.75. The largest absolute Gasteiger partial charge is 0.330 e. The van der Waals surface area contributed by atoms with Gasteiger partial charge in [-0.05, 0) is 50.0 Å². The maximum atomic E-state index is 5.98. The molecule has 2 heteroatoms. The maximum Gasteiger partial charge on any atom is 0.00967 e. The Morgan fingerprint density at radius 3 is 2.38 bits per heavy atom. The van der Waals surface area contributed by atoms with Gasteiger partial charge in [-0.15, -0.1) is 0 Å². The van der Waals surface area contributed by atoms with E-state index in [1.165, 1.54) is 51.6 Å². The highest BCUT2D eigenvalue weighted by molar-refractivity contribution is 4.92. The molecule has 94 valence electrons. The molecule has 0 heterocycles. The monoisotopic (exact) mass is 224 g/mol. The highest BCUT2D eigenvalue weighted by Gasteiger charge is 2.37. The van der Waals surface area contributed by atoms with Crippen LogP contribution < -0.4 is 5.73 Å². The second-order valence-electron chi connectivity index (χ2n) is 6.37. The molecule has 2 saturated carbocycles. The lowest BCUT2D eigenvalue weighted by molar-refractivity contribution is 0.146. The van der Waals surface area contributed by atoms with Gasteiger partial charge in [-0.2, -0.15) is 0 Å². The molecular formula is C14H28N2. The minimum Gasteiger partial charge on any atom is -0.330 e. The molecular weight excluding hydrogens is 196 g/mol. The number of nitrogens with two attached hydrogens (primary N) is 1. The van der Waals surface area contributed by atoms with Crippen molar-refractivity contribution >= 4 is 0 Å². The molecule has 2 nitrogen and oxygen atoms in total. The van der Waals surface area contributed by atoms with Crippen LogP contribution in [0.2, 0.25) is 0 Å². The topological polar surface area (TPSA) is 29.3 Å². The van der Waals surface area contributed by atoms with E-state index in [0.717, 1.165) is 18.5 Å². The van der Waals surface area contributed by atoms with Crippen molar-refractivity contribution in [1.29, 1.82) is 0 Å². The van der Waals surface area contributed by atoms with E-state index in [2.05, 4.69) is 18.7 Å². The molecule has 0 aliphatic heterocycles. The van der Waals surface area contributed by atoms with Gasteiger partial charge in [-0.1, -0.05) is 20.3 Å². The molecule has 0 bridgehead atoms. The molecule has 0 aromatic heterocycles. The molecule has 0 aromatic rings. The molecule has 0 spiro atoms. The van der Waals surface area contributed by atoms with E-state index >= 15 is 0 Å². The molecule has 1 unspecified atom stereocenters. The maximum absolute atomic E-state index is 5.98. The van der Waals surface area contributed by atoms with Crippen LogP contribution in [-0.2, 0) is 0 Å². The summed E-state index contributed by atoms with van der Waals surface area (Å²) in [6, 6.07) is 0.906. The van der Waals surface area contributed by atoms with Gasteiger partial charge in [0.1, 0.15) is 0 Å². The Bertz CT molecular complexity index is 221. The number of rotatable bonds is 8. The molecule has 0 saturated heterocycles. The Morgan fingerprint density at radius 1 is 1.25 bits per heavy atom. The van der Waals surface area contributed by atoms with Crippen LogP contribution in [0.1, 0.15) is 52.4 Å². The highest BCUT2D eigenvalue weighted by atomic mass is 15.2. The summed E-state index contributed by atoms with van der Waals surface area (Å²) in [7, 11) is 0. The first kappa shape index (κ1) is 12.4. The van der Waals surface area contributed by atoms with Gasteiger partial charge in [0.2, 0.25) is 0 Å². The van der Waals surface area contributed by atoms with Crippen molar-refractivity contribution in [2.75, 3.05) is 19.6 Å². The zero-order chi connectivity index (χ0) is 11.6. The lowest BCUT2D eigenvalue weighted by Crippen LogP contribution is -2.42. The van der Waals surface area contributed by atoms with Crippen molar-refractivity contribution in [2.24, 2.45) is 17.1 Å². The fourth-order valence-electron chi connectivity index (χ4n) is 2.75. The summed E-state index contributed by atoms with van der Waals surface area (Å²) in [5.41, 5.74) is 6.34. The van der Waals surface area contributed by atoms with Crippen molar-refractivity contribution in [3.05, 3.63) is 0 Å². The van der Waals surface area contributed by atoms with E-state index in [1.807, 2.05) is 0 Å². The van der Waals surface area contributed by atoms with Gasteiger partial charge in [0.05, 0.1) is 0 Å². The van der Waals surface area contributed by atoms with Crippen LogP contribution >= 0.6 is 0 Å². The summed E-state index contributed by atoms with van der Waals surface area (Å²) < 4.78 is 0. The molecule has 16 heavy (non-hydrogen) atoms. The summed E-state index contributed by atoms with van der Waals surface area (Å²) in [5.74, 6) is 1.02. The first-order valence-electron chi connectivity index (χ1n) is 7.11. The summed E-state index contributed by atoms with van der Waals surface area (Å²) in [6.45, 7) is 8.08. The van der Waals surface area contributed by atoms with Crippen molar-refractivity contribution in [2.45, 2.75) is 58.4 Å². The molecule has 2 rings (SSSR count). The van der Waals surface area contributed by atoms with Gasteiger partial charge < -0.3 is 5.73 Å². The zero-order valence-electron chi connectivity index (χ0n) is 11.0.